The quantitative estimate of drug-likeness (QED) is 0.857. The fourth-order valence-electron chi connectivity index (χ4n) is 1.69. The molecule has 0 aliphatic rings. The van der Waals surface area contributed by atoms with E-state index in [9.17, 15) is 8.78 Å². The molecule has 0 aliphatic carbocycles. The first-order valence-corrected chi connectivity index (χ1v) is 6.99. The lowest BCUT2D eigenvalue weighted by Gasteiger charge is -2.11. The van der Waals surface area contributed by atoms with Gasteiger partial charge in [-0.2, -0.15) is 0 Å². The Morgan fingerprint density at radius 2 is 1.80 bits per heavy atom. The summed E-state index contributed by atoms with van der Waals surface area (Å²) in [6.07, 6.45) is 0.395. The van der Waals surface area contributed by atoms with Crippen LogP contribution in [-0.4, -0.2) is 6.54 Å². The maximum Gasteiger partial charge on any atom is 0.198 e. The summed E-state index contributed by atoms with van der Waals surface area (Å²) >= 11 is 9.16. The summed E-state index contributed by atoms with van der Waals surface area (Å²) in [6, 6.07) is 7.22. The molecule has 0 amide bonds. The van der Waals surface area contributed by atoms with Gasteiger partial charge in [0, 0.05) is 4.47 Å². The van der Waals surface area contributed by atoms with Gasteiger partial charge in [-0.05, 0) is 48.9 Å². The zero-order chi connectivity index (χ0) is 14.7. The Hall–Kier alpha value is -1.17. The second kappa shape index (κ2) is 6.52. The van der Waals surface area contributed by atoms with Crippen molar-refractivity contribution in [1.82, 2.24) is 0 Å². The molecule has 0 unspecified atom stereocenters. The summed E-state index contributed by atoms with van der Waals surface area (Å²) in [5.74, 6) is -1.88. The second-order valence-electron chi connectivity index (χ2n) is 4.10. The largest absolute Gasteiger partial charge is 0.450 e. The molecule has 0 aromatic heterocycles. The van der Waals surface area contributed by atoms with E-state index in [0.717, 1.165) is 0 Å². The van der Waals surface area contributed by atoms with E-state index in [1.807, 2.05) is 0 Å². The third-order valence-electron chi connectivity index (χ3n) is 2.60. The molecule has 20 heavy (non-hydrogen) atoms. The summed E-state index contributed by atoms with van der Waals surface area (Å²) in [5.41, 5.74) is 5.84. The standard InChI is InChI=1S/C14H11BrClF2NO/c15-9-1-2-10(16)13(7-9)20-14-11(17)5-8(3-4-19)6-12(14)18/h1-2,5-7H,3-4,19H2. The monoisotopic (exact) mass is 361 g/mol. The molecule has 0 heterocycles. The van der Waals surface area contributed by atoms with E-state index in [1.165, 1.54) is 18.2 Å². The van der Waals surface area contributed by atoms with Crippen molar-refractivity contribution in [3.8, 4) is 11.5 Å². The summed E-state index contributed by atoms with van der Waals surface area (Å²) in [4.78, 5) is 0. The summed E-state index contributed by atoms with van der Waals surface area (Å²) in [7, 11) is 0. The molecule has 0 saturated heterocycles. The first-order valence-electron chi connectivity index (χ1n) is 5.82. The van der Waals surface area contributed by atoms with Crippen molar-refractivity contribution in [1.29, 1.82) is 0 Å². The Balaban J connectivity index is 2.36. The van der Waals surface area contributed by atoms with Gasteiger partial charge in [-0.15, -0.1) is 0 Å². The van der Waals surface area contributed by atoms with E-state index in [-0.39, 0.29) is 10.8 Å². The van der Waals surface area contributed by atoms with Gasteiger partial charge in [0.1, 0.15) is 5.75 Å². The first-order chi connectivity index (χ1) is 9.51. The molecule has 0 atom stereocenters. The highest BCUT2D eigenvalue weighted by Crippen LogP contribution is 2.34. The minimum Gasteiger partial charge on any atom is -0.450 e. The van der Waals surface area contributed by atoms with Gasteiger partial charge in [0.25, 0.3) is 0 Å². The van der Waals surface area contributed by atoms with Crippen LogP contribution in [0.4, 0.5) is 8.78 Å². The third kappa shape index (κ3) is 3.48. The maximum atomic E-state index is 13.9. The molecule has 0 spiro atoms. The summed E-state index contributed by atoms with van der Waals surface area (Å²) in [6.45, 7) is 0.316. The topological polar surface area (TPSA) is 35.2 Å². The van der Waals surface area contributed by atoms with Crippen LogP contribution >= 0.6 is 27.5 Å². The number of ether oxygens (including phenoxy) is 1. The van der Waals surface area contributed by atoms with Gasteiger partial charge < -0.3 is 10.5 Å². The van der Waals surface area contributed by atoms with Gasteiger partial charge in [-0.25, -0.2) is 8.78 Å². The van der Waals surface area contributed by atoms with Gasteiger partial charge in [0.2, 0.25) is 0 Å². The molecule has 6 heteroatoms. The summed E-state index contributed by atoms with van der Waals surface area (Å²) in [5, 5.41) is 0.262. The number of hydrogen-bond donors (Lipinski definition) is 1. The molecule has 2 aromatic rings. The van der Waals surface area contributed by atoms with Crippen LogP contribution in [0.1, 0.15) is 5.56 Å². The van der Waals surface area contributed by atoms with Crippen LogP contribution in [0.25, 0.3) is 0 Å². The normalized spacial score (nSPS) is 10.7. The lowest BCUT2D eigenvalue weighted by Crippen LogP contribution is -2.04. The predicted molar refractivity (Wildman–Crippen MR) is 78.3 cm³/mol. The molecule has 2 nitrogen and oxygen atoms in total. The lowest BCUT2D eigenvalue weighted by atomic mass is 10.1. The predicted octanol–water partition coefficient (Wildman–Crippen LogP) is 4.67. The first kappa shape index (κ1) is 15.2. The fourth-order valence-corrected chi connectivity index (χ4v) is 2.18. The van der Waals surface area contributed by atoms with Crippen molar-refractivity contribution in [3.63, 3.8) is 0 Å². The molecular weight excluding hydrogens is 352 g/mol. The highest BCUT2D eigenvalue weighted by Gasteiger charge is 2.15. The van der Waals surface area contributed by atoms with Gasteiger partial charge in [-0.3, -0.25) is 0 Å². The van der Waals surface area contributed by atoms with Crippen LogP contribution in [0.15, 0.2) is 34.8 Å². The van der Waals surface area contributed by atoms with E-state index in [2.05, 4.69) is 15.9 Å². The van der Waals surface area contributed by atoms with Gasteiger partial charge in [0.15, 0.2) is 17.4 Å². The van der Waals surface area contributed by atoms with E-state index < -0.39 is 17.4 Å². The van der Waals surface area contributed by atoms with E-state index >= 15 is 0 Å². The SMILES string of the molecule is NCCc1cc(F)c(Oc2cc(Br)ccc2Cl)c(F)c1. The minimum atomic E-state index is -0.788. The Morgan fingerprint density at radius 3 is 2.40 bits per heavy atom. The van der Waals surface area contributed by atoms with Gasteiger partial charge >= 0.3 is 0 Å². The molecule has 0 fully saturated rings. The molecule has 0 bridgehead atoms. The third-order valence-corrected chi connectivity index (χ3v) is 3.40. The Labute approximate surface area is 128 Å². The highest BCUT2D eigenvalue weighted by atomic mass is 79.9. The van der Waals surface area contributed by atoms with E-state index in [4.69, 9.17) is 22.1 Å². The smallest absolute Gasteiger partial charge is 0.198 e. The van der Waals surface area contributed by atoms with Crippen LogP contribution in [0.3, 0.4) is 0 Å². The molecular formula is C14H11BrClF2NO. The number of benzene rings is 2. The van der Waals surface area contributed by atoms with Gasteiger partial charge in [-0.1, -0.05) is 27.5 Å². The van der Waals surface area contributed by atoms with E-state index in [0.29, 0.717) is 23.0 Å². The molecule has 0 aliphatic heterocycles. The van der Waals surface area contributed by atoms with E-state index in [1.54, 1.807) is 12.1 Å². The summed E-state index contributed by atoms with van der Waals surface area (Å²) < 4.78 is 33.7. The molecule has 106 valence electrons. The molecule has 2 aromatic carbocycles. The van der Waals surface area contributed by atoms with Crippen molar-refractivity contribution in [2.75, 3.05) is 6.54 Å². The fraction of sp³-hybridized carbons (Fsp3) is 0.143. The average Bonchev–Trinajstić information content (AvgIpc) is 2.38. The van der Waals surface area contributed by atoms with Crippen molar-refractivity contribution >= 4 is 27.5 Å². The number of rotatable bonds is 4. The average molecular weight is 363 g/mol. The maximum absolute atomic E-state index is 13.9. The molecule has 2 rings (SSSR count). The Bertz CT molecular complexity index is 614. The number of hydrogen-bond acceptors (Lipinski definition) is 2. The van der Waals surface area contributed by atoms with Crippen molar-refractivity contribution in [2.45, 2.75) is 6.42 Å². The number of halogens is 4. The van der Waals surface area contributed by atoms with Crippen LogP contribution < -0.4 is 10.5 Å². The van der Waals surface area contributed by atoms with Crippen LogP contribution in [0.5, 0.6) is 11.5 Å². The zero-order valence-corrected chi connectivity index (χ0v) is 12.6. The molecule has 0 saturated carbocycles. The van der Waals surface area contributed by atoms with Crippen molar-refractivity contribution in [2.24, 2.45) is 5.73 Å². The Morgan fingerprint density at radius 1 is 1.15 bits per heavy atom. The van der Waals surface area contributed by atoms with Crippen LogP contribution in [0, 0.1) is 11.6 Å². The highest BCUT2D eigenvalue weighted by molar-refractivity contribution is 9.10. The van der Waals surface area contributed by atoms with Crippen LogP contribution in [-0.2, 0) is 6.42 Å². The van der Waals surface area contributed by atoms with Gasteiger partial charge in [0.05, 0.1) is 5.02 Å². The lowest BCUT2D eigenvalue weighted by molar-refractivity contribution is 0.406. The molecule has 0 radical (unpaired) electrons. The van der Waals surface area contributed by atoms with Crippen molar-refractivity contribution in [3.05, 3.63) is 57.0 Å². The Kier molecular flexibility index (Phi) is 4.96. The van der Waals surface area contributed by atoms with Crippen molar-refractivity contribution < 1.29 is 13.5 Å². The second-order valence-corrected chi connectivity index (χ2v) is 5.43. The minimum absolute atomic E-state index is 0.172. The number of nitrogens with two attached hydrogens (primary N) is 1. The van der Waals surface area contributed by atoms with Crippen LogP contribution in [0.2, 0.25) is 5.02 Å². The zero-order valence-electron chi connectivity index (χ0n) is 10.3. The molecule has 2 N–H and O–H groups in total.